The van der Waals surface area contributed by atoms with Crippen LogP contribution in [0.4, 0.5) is 4.79 Å². The lowest BCUT2D eigenvalue weighted by Crippen LogP contribution is -2.52. The molecule has 1 fully saturated rings. The molecule has 2 atom stereocenters. The largest absolute Gasteiger partial charge is 0.445 e. The van der Waals surface area contributed by atoms with E-state index in [1.807, 2.05) is 0 Å². The summed E-state index contributed by atoms with van der Waals surface area (Å²) in [5.41, 5.74) is 0. The molecule has 0 N–H and O–H groups in total. The lowest BCUT2D eigenvalue weighted by molar-refractivity contribution is -0.122. The Morgan fingerprint density at radius 1 is 1.36 bits per heavy atom. The molecule has 0 spiro atoms. The molecule has 1 rings (SSSR count). The molecule has 1 amide bonds. The van der Waals surface area contributed by atoms with Crippen LogP contribution in [0, 0.1) is 5.92 Å². The molecule has 1 unspecified atom stereocenters. The third-order valence-electron chi connectivity index (χ3n) is 5.30. The minimum absolute atomic E-state index is 0.0153. The average molecular weight is 390 g/mol. The Morgan fingerprint density at radius 2 is 2.00 bits per heavy atom. The van der Waals surface area contributed by atoms with Crippen LogP contribution in [0.15, 0.2) is 12.7 Å². The smallest absolute Gasteiger partial charge is 0.410 e. The number of piperidine rings is 1. The number of halogens is 1. The van der Waals surface area contributed by atoms with E-state index in [1.165, 1.54) is 0 Å². The number of hydrogen-bond donors (Lipinski definition) is 0. The third-order valence-corrected chi connectivity index (χ3v) is 10.1. The Bertz CT molecular complexity index is 490. The summed E-state index contributed by atoms with van der Waals surface area (Å²) in [7, 11) is -1.94. The predicted octanol–water partition coefficient (Wildman–Crippen LogP) is 4.22. The van der Waals surface area contributed by atoms with Gasteiger partial charge in [-0.2, -0.15) is 0 Å². The standard InChI is InChI=1S/C18H32ClNO4Si/c1-7-10-23-17(22)20-9-8-14(16(21)12-19)11-15(20)13-24-25(5,6)18(2,3)4/h7,14-15H,1,8-13H2,2-6H3/t14?,15-/m0/s1. The van der Waals surface area contributed by atoms with Crippen molar-refractivity contribution in [3.63, 3.8) is 0 Å². The molecular formula is C18H32ClNO4Si. The maximum absolute atomic E-state index is 12.3. The molecule has 0 aromatic rings. The normalized spacial score (nSPS) is 21.8. The fraction of sp³-hybridized carbons (Fsp3) is 0.778. The molecule has 0 aliphatic carbocycles. The van der Waals surface area contributed by atoms with E-state index in [0.717, 1.165) is 0 Å². The van der Waals surface area contributed by atoms with E-state index in [2.05, 4.69) is 40.4 Å². The van der Waals surface area contributed by atoms with Crippen molar-refractivity contribution in [2.45, 2.75) is 57.8 Å². The van der Waals surface area contributed by atoms with Crippen molar-refractivity contribution in [2.24, 2.45) is 5.92 Å². The molecule has 0 radical (unpaired) electrons. The van der Waals surface area contributed by atoms with E-state index >= 15 is 0 Å². The number of rotatable bonds is 7. The molecule has 7 heteroatoms. The predicted molar refractivity (Wildman–Crippen MR) is 104 cm³/mol. The maximum atomic E-state index is 12.3. The van der Waals surface area contributed by atoms with Gasteiger partial charge in [-0.1, -0.05) is 33.4 Å². The summed E-state index contributed by atoms with van der Waals surface area (Å²) in [4.78, 5) is 26.0. The number of likely N-dealkylation sites (tertiary alicyclic amines) is 1. The van der Waals surface area contributed by atoms with Crippen LogP contribution < -0.4 is 0 Å². The van der Waals surface area contributed by atoms with Crippen molar-refractivity contribution in [2.75, 3.05) is 25.6 Å². The summed E-state index contributed by atoms with van der Waals surface area (Å²) in [6.07, 6.45) is 2.36. The molecule has 5 nitrogen and oxygen atoms in total. The van der Waals surface area contributed by atoms with E-state index in [9.17, 15) is 9.59 Å². The van der Waals surface area contributed by atoms with E-state index in [-0.39, 0.29) is 41.4 Å². The van der Waals surface area contributed by atoms with Crippen molar-refractivity contribution < 1.29 is 18.8 Å². The van der Waals surface area contributed by atoms with Gasteiger partial charge in [0, 0.05) is 12.5 Å². The fourth-order valence-electron chi connectivity index (χ4n) is 2.59. The van der Waals surface area contributed by atoms with Crippen molar-refractivity contribution in [1.82, 2.24) is 4.90 Å². The monoisotopic (exact) mass is 389 g/mol. The Balaban J connectivity index is 2.85. The van der Waals surface area contributed by atoms with Gasteiger partial charge in [0.2, 0.25) is 0 Å². The molecule has 1 saturated heterocycles. The van der Waals surface area contributed by atoms with Crippen LogP contribution in [0.25, 0.3) is 0 Å². The van der Waals surface area contributed by atoms with Crippen LogP contribution >= 0.6 is 11.6 Å². The lowest BCUT2D eigenvalue weighted by Gasteiger charge is -2.42. The minimum atomic E-state index is -1.94. The van der Waals surface area contributed by atoms with Gasteiger partial charge in [0.05, 0.1) is 18.5 Å². The zero-order valence-corrected chi connectivity index (χ0v) is 17.9. The number of ether oxygens (including phenoxy) is 1. The first-order valence-corrected chi connectivity index (χ1v) is 12.2. The number of Topliss-reactive ketones (excluding diaryl/α,β-unsaturated/α-hetero) is 1. The van der Waals surface area contributed by atoms with Gasteiger partial charge in [0.1, 0.15) is 6.61 Å². The molecule has 0 saturated carbocycles. The second kappa shape index (κ2) is 9.19. The van der Waals surface area contributed by atoms with Crippen LogP contribution in [0.3, 0.4) is 0 Å². The van der Waals surface area contributed by atoms with Crippen molar-refractivity contribution >= 4 is 31.8 Å². The second-order valence-electron chi connectivity index (χ2n) is 8.11. The first kappa shape index (κ1) is 22.2. The molecule has 1 aliphatic heterocycles. The Kier molecular flexibility index (Phi) is 8.16. The lowest BCUT2D eigenvalue weighted by atomic mass is 9.88. The van der Waals surface area contributed by atoms with Gasteiger partial charge in [-0.25, -0.2) is 4.79 Å². The number of nitrogens with zero attached hydrogens (tertiary/aromatic N) is 1. The zero-order valence-electron chi connectivity index (χ0n) is 16.1. The zero-order chi connectivity index (χ0) is 19.3. The van der Waals surface area contributed by atoms with E-state index in [1.54, 1.807) is 11.0 Å². The van der Waals surface area contributed by atoms with Gasteiger partial charge in [-0.15, -0.1) is 11.6 Å². The first-order chi connectivity index (χ1) is 11.5. The van der Waals surface area contributed by atoms with Crippen molar-refractivity contribution in [1.29, 1.82) is 0 Å². The van der Waals surface area contributed by atoms with Gasteiger partial charge in [-0.05, 0) is 31.0 Å². The van der Waals surface area contributed by atoms with Crippen LogP contribution in [0.5, 0.6) is 0 Å². The molecule has 0 aromatic carbocycles. The number of alkyl halides is 1. The maximum Gasteiger partial charge on any atom is 0.410 e. The van der Waals surface area contributed by atoms with Crippen molar-refractivity contribution in [3.8, 4) is 0 Å². The number of carbonyl (C=O) groups excluding carboxylic acids is 2. The summed E-state index contributed by atoms with van der Waals surface area (Å²) in [5.74, 6) is -0.0615. The highest BCUT2D eigenvalue weighted by atomic mass is 35.5. The highest BCUT2D eigenvalue weighted by molar-refractivity contribution is 6.74. The van der Waals surface area contributed by atoms with E-state index < -0.39 is 8.32 Å². The molecule has 25 heavy (non-hydrogen) atoms. The van der Waals surface area contributed by atoms with Crippen LogP contribution in [0.1, 0.15) is 33.6 Å². The summed E-state index contributed by atoms with van der Waals surface area (Å²) >= 11 is 5.72. The Hall–Kier alpha value is -0.853. The topological polar surface area (TPSA) is 55.8 Å². The Labute approximate surface area is 157 Å². The Morgan fingerprint density at radius 3 is 2.52 bits per heavy atom. The second-order valence-corrected chi connectivity index (χ2v) is 13.2. The fourth-order valence-corrected chi connectivity index (χ4v) is 3.85. The molecule has 1 heterocycles. The third kappa shape index (κ3) is 6.11. The summed E-state index contributed by atoms with van der Waals surface area (Å²) in [5, 5.41) is 0.0845. The molecule has 0 bridgehead atoms. The number of ketones is 1. The quantitative estimate of drug-likeness (QED) is 0.371. The molecule has 144 valence electrons. The van der Waals surface area contributed by atoms with Gasteiger partial charge < -0.3 is 14.1 Å². The number of carbonyl (C=O) groups is 2. The van der Waals surface area contributed by atoms with Crippen LogP contribution in [-0.2, 0) is 14.0 Å². The molecule has 1 aliphatic rings. The van der Waals surface area contributed by atoms with Crippen LogP contribution in [0.2, 0.25) is 18.1 Å². The van der Waals surface area contributed by atoms with Crippen LogP contribution in [-0.4, -0.2) is 56.8 Å². The highest BCUT2D eigenvalue weighted by Crippen LogP contribution is 2.37. The molecule has 0 aromatic heterocycles. The van der Waals surface area contributed by atoms with Gasteiger partial charge >= 0.3 is 6.09 Å². The van der Waals surface area contributed by atoms with Gasteiger partial charge in [0.25, 0.3) is 0 Å². The van der Waals surface area contributed by atoms with Gasteiger partial charge in [-0.3, -0.25) is 4.79 Å². The summed E-state index contributed by atoms with van der Waals surface area (Å²) < 4.78 is 11.5. The summed E-state index contributed by atoms with van der Waals surface area (Å²) in [6, 6.07) is -0.169. The van der Waals surface area contributed by atoms with E-state index in [0.29, 0.717) is 26.0 Å². The van der Waals surface area contributed by atoms with Crippen molar-refractivity contribution in [3.05, 3.63) is 12.7 Å². The number of amides is 1. The average Bonchev–Trinajstić information content (AvgIpc) is 2.55. The molecular weight excluding hydrogens is 358 g/mol. The number of hydrogen-bond acceptors (Lipinski definition) is 4. The minimum Gasteiger partial charge on any atom is -0.445 e. The SMILES string of the molecule is C=CCOC(=O)N1CCC(C(=O)CCl)C[C@H]1CO[Si](C)(C)C(C)(C)C. The van der Waals surface area contributed by atoms with E-state index in [4.69, 9.17) is 20.8 Å². The highest BCUT2D eigenvalue weighted by Gasteiger charge is 2.40. The van der Waals surface area contributed by atoms with Gasteiger partial charge in [0.15, 0.2) is 14.1 Å². The first-order valence-electron chi connectivity index (χ1n) is 8.80. The summed E-state index contributed by atoms with van der Waals surface area (Å²) in [6.45, 7) is 15.5.